The molecule has 1 heterocycles. The van der Waals surface area contributed by atoms with Crippen molar-refractivity contribution in [3.63, 3.8) is 0 Å². The van der Waals surface area contributed by atoms with Gasteiger partial charge in [0.15, 0.2) is 0 Å². The lowest BCUT2D eigenvalue weighted by Crippen LogP contribution is -2.33. The molecule has 0 bridgehead atoms. The highest BCUT2D eigenvalue weighted by molar-refractivity contribution is 5.78. The summed E-state index contributed by atoms with van der Waals surface area (Å²) in [5.41, 5.74) is 1.18. The fourth-order valence-electron chi connectivity index (χ4n) is 1.23. The Labute approximate surface area is 90.0 Å². The van der Waals surface area contributed by atoms with Crippen molar-refractivity contribution >= 4 is 5.91 Å². The molecule has 1 aromatic rings. The Bertz CT molecular complexity index is 330. The van der Waals surface area contributed by atoms with E-state index in [2.05, 4.69) is 17.2 Å². The van der Waals surface area contributed by atoms with E-state index in [-0.39, 0.29) is 5.91 Å². The van der Waals surface area contributed by atoms with Gasteiger partial charge in [-0.25, -0.2) is 0 Å². The first-order valence-corrected chi connectivity index (χ1v) is 4.91. The van der Waals surface area contributed by atoms with Crippen molar-refractivity contribution in [3.8, 4) is 0 Å². The molecule has 0 atom stereocenters. The molecule has 0 aliphatic heterocycles. The molecule has 4 heteroatoms. The average Bonchev–Trinajstić information content (AvgIpc) is 2.61. The Morgan fingerprint density at radius 1 is 1.67 bits per heavy atom. The highest BCUT2D eigenvalue weighted by Gasteiger charge is 1.99. The summed E-state index contributed by atoms with van der Waals surface area (Å²) in [4.78, 5) is 11.2. The summed E-state index contributed by atoms with van der Waals surface area (Å²) >= 11 is 0. The largest absolute Gasteiger partial charge is 0.357 e. The molecule has 0 radical (unpaired) electrons. The lowest BCUT2D eigenvalue weighted by Gasteiger charge is -2.03. The van der Waals surface area contributed by atoms with Gasteiger partial charge < -0.3 is 15.2 Å². The molecule has 0 unspecified atom stereocenters. The number of aromatic nitrogens is 1. The molecule has 82 valence electrons. The number of nitrogens with zero attached hydrogens (tertiary/aromatic N) is 1. The zero-order valence-corrected chi connectivity index (χ0v) is 8.99. The molecular formula is C11H17N3O. The number of rotatable bonds is 6. The molecule has 0 aromatic carbocycles. The molecule has 4 nitrogen and oxygen atoms in total. The number of carbonyl (C=O) groups is 1. The van der Waals surface area contributed by atoms with E-state index in [4.69, 9.17) is 0 Å². The van der Waals surface area contributed by atoms with Gasteiger partial charge in [-0.15, -0.1) is 6.58 Å². The van der Waals surface area contributed by atoms with Gasteiger partial charge in [-0.3, -0.25) is 4.79 Å². The topological polar surface area (TPSA) is 46.1 Å². The summed E-state index contributed by atoms with van der Waals surface area (Å²) in [5, 5.41) is 5.76. The van der Waals surface area contributed by atoms with Crippen LogP contribution in [0.1, 0.15) is 5.56 Å². The van der Waals surface area contributed by atoms with Gasteiger partial charge in [0.2, 0.25) is 5.91 Å². The third-order valence-corrected chi connectivity index (χ3v) is 1.95. The minimum Gasteiger partial charge on any atom is -0.357 e. The highest BCUT2D eigenvalue weighted by Crippen LogP contribution is 1.97. The van der Waals surface area contributed by atoms with Crippen molar-refractivity contribution in [1.29, 1.82) is 0 Å². The van der Waals surface area contributed by atoms with Crippen LogP contribution in [0.2, 0.25) is 0 Å². The molecule has 2 N–H and O–H groups in total. The molecule has 0 saturated carbocycles. The predicted molar refractivity (Wildman–Crippen MR) is 60.3 cm³/mol. The second-order valence-electron chi connectivity index (χ2n) is 3.38. The Morgan fingerprint density at radius 3 is 3.07 bits per heavy atom. The number of nitrogens with one attached hydrogen (secondary N) is 2. The van der Waals surface area contributed by atoms with Crippen LogP contribution < -0.4 is 10.6 Å². The molecule has 1 amide bonds. The first-order valence-electron chi connectivity index (χ1n) is 4.91. The van der Waals surface area contributed by atoms with Crippen LogP contribution in [0.5, 0.6) is 0 Å². The maximum Gasteiger partial charge on any atom is 0.234 e. The number of hydrogen-bond acceptors (Lipinski definition) is 2. The summed E-state index contributed by atoms with van der Waals surface area (Å²) in [5.74, 6) is -0.00849. The average molecular weight is 207 g/mol. The van der Waals surface area contributed by atoms with E-state index in [1.54, 1.807) is 6.08 Å². The third-order valence-electron chi connectivity index (χ3n) is 1.95. The van der Waals surface area contributed by atoms with Crippen molar-refractivity contribution < 1.29 is 4.79 Å². The van der Waals surface area contributed by atoms with Crippen LogP contribution in [-0.2, 0) is 18.4 Å². The van der Waals surface area contributed by atoms with Crippen molar-refractivity contribution in [3.05, 3.63) is 36.7 Å². The minimum atomic E-state index is -0.00849. The normalized spacial score (nSPS) is 9.93. The van der Waals surface area contributed by atoms with E-state index in [0.29, 0.717) is 19.6 Å². The highest BCUT2D eigenvalue weighted by atomic mass is 16.1. The van der Waals surface area contributed by atoms with Crippen LogP contribution in [0.3, 0.4) is 0 Å². The zero-order valence-electron chi connectivity index (χ0n) is 8.99. The second-order valence-corrected chi connectivity index (χ2v) is 3.38. The monoisotopic (exact) mass is 207 g/mol. The molecule has 1 aromatic heterocycles. The smallest absolute Gasteiger partial charge is 0.234 e. The molecule has 0 saturated heterocycles. The summed E-state index contributed by atoms with van der Waals surface area (Å²) in [6.07, 6.45) is 5.67. The van der Waals surface area contributed by atoms with E-state index in [1.165, 1.54) is 5.56 Å². The van der Waals surface area contributed by atoms with Gasteiger partial charge in [0.25, 0.3) is 0 Å². The van der Waals surface area contributed by atoms with Gasteiger partial charge in [0.05, 0.1) is 6.54 Å². The summed E-state index contributed by atoms with van der Waals surface area (Å²) in [6.45, 7) is 5.09. The van der Waals surface area contributed by atoms with E-state index in [0.717, 1.165) is 0 Å². The number of amides is 1. The first-order chi connectivity index (χ1) is 7.22. The SMILES string of the molecule is C=CCNC(=O)CNCc1ccn(C)c1. The maximum atomic E-state index is 11.2. The van der Waals surface area contributed by atoms with Gasteiger partial charge in [-0.05, 0) is 11.6 Å². The van der Waals surface area contributed by atoms with E-state index in [1.807, 2.05) is 30.1 Å². The zero-order chi connectivity index (χ0) is 11.1. The van der Waals surface area contributed by atoms with Crippen LogP contribution in [0, 0.1) is 0 Å². The molecule has 15 heavy (non-hydrogen) atoms. The number of aryl methyl sites for hydroxylation is 1. The van der Waals surface area contributed by atoms with Crippen LogP contribution in [0.25, 0.3) is 0 Å². The Kier molecular flexibility index (Phi) is 4.63. The Hall–Kier alpha value is -1.55. The van der Waals surface area contributed by atoms with Crippen LogP contribution in [0.4, 0.5) is 0 Å². The van der Waals surface area contributed by atoms with Gasteiger partial charge in [0.1, 0.15) is 0 Å². The van der Waals surface area contributed by atoms with Crippen LogP contribution in [0.15, 0.2) is 31.1 Å². The molecular weight excluding hydrogens is 190 g/mol. The van der Waals surface area contributed by atoms with Crippen LogP contribution in [-0.4, -0.2) is 23.6 Å². The number of hydrogen-bond donors (Lipinski definition) is 2. The van der Waals surface area contributed by atoms with E-state index in [9.17, 15) is 4.79 Å². The van der Waals surface area contributed by atoms with Crippen molar-refractivity contribution in [2.45, 2.75) is 6.54 Å². The fourth-order valence-corrected chi connectivity index (χ4v) is 1.23. The standard InChI is InChI=1S/C11H17N3O/c1-3-5-13-11(15)8-12-7-10-4-6-14(2)9-10/h3-4,6,9,12H,1,5,7-8H2,2H3,(H,13,15). The van der Waals surface area contributed by atoms with Gasteiger partial charge in [0, 0.05) is 32.5 Å². The molecule has 0 aliphatic carbocycles. The minimum absolute atomic E-state index is 0.00849. The van der Waals surface area contributed by atoms with Gasteiger partial charge in [-0.2, -0.15) is 0 Å². The molecule has 0 fully saturated rings. The summed E-state index contributed by atoms with van der Waals surface area (Å²) in [7, 11) is 1.97. The van der Waals surface area contributed by atoms with Crippen molar-refractivity contribution in [2.75, 3.05) is 13.1 Å². The lowest BCUT2D eigenvalue weighted by atomic mass is 10.3. The van der Waals surface area contributed by atoms with Crippen molar-refractivity contribution in [1.82, 2.24) is 15.2 Å². The lowest BCUT2D eigenvalue weighted by molar-refractivity contribution is -0.120. The van der Waals surface area contributed by atoms with Crippen LogP contribution >= 0.6 is 0 Å². The predicted octanol–water partition coefficient (Wildman–Crippen LogP) is 0.417. The quantitative estimate of drug-likeness (QED) is 0.664. The Balaban J connectivity index is 2.16. The molecule has 1 rings (SSSR count). The van der Waals surface area contributed by atoms with Gasteiger partial charge >= 0.3 is 0 Å². The third kappa shape index (κ3) is 4.46. The maximum absolute atomic E-state index is 11.2. The Morgan fingerprint density at radius 2 is 2.47 bits per heavy atom. The first kappa shape index (κ1) is 11.5. The molecule has 0 spiro atoms. The van der Waals surface area contributed by atoms with E-state index >= 15 is 0 Å². The summed E-state index contributed by atoms with van der Waals surface area (Å²) < 4.78 is 1.98. The fraction of sp³-hybridized carbons (Fsp3) is 0.364. The van der Waals surface area contributed by atoms with Crippen molar-refractivity contribution in [2.24, 2.45) is 7.05 Å². The van der Waals surface area contributed by atoms with E-state index < -0.39 is 0 Å². The molecule has 0 aliphatic rings. The second kappa shape index (κ2) is 6.03. The van der Waals surface area contributed by atoms with Gasteiger partial charge in [-0.1, -0.05) is 6.08 Å². The number of carbonyl (C=O) groups excluding carboxylic acids is 1. The summed E-state index contributed by atoms with van der Waals surface area (Å²) in [6, 6.07) is 2.02.